The first-order valence-corrected chi connectivity index (χ1v) is 9.50. The third kappa shape index (κ3) is 6.26. The molecule has 0 unspecified atom stereocenters. The number of hydrogen-bond donors (Lipinski definition) is 1. The summed E-state index contributed by atoms with van der Waals surface area (Å²) in [5, 5.41) is 4.00. The fourth-order valence-corrected chi connectivity index (χ4v) is 3.16. The quantitative estimate of drug-likeness (QED) is 0.645. The Labute approximate surface area is 169 Å². The predicted molar refractivity (Wildman–Crippen MR) is 108 cm³/mol. The van der Waals surface area contributed by atoms with Crippen LogP contribution in [-0.4, -0.2) is 18.5 Å². The van der Waals surface area contributed by atoms with Crippen LogP contribution in [0, 0.1) is 5.92 Å². The molecule has 2 atom stereocenters. The van der Waals surface area contributed by atoms with E-state index in [2.05, 4.69) is 5.32 Å². The Balaban J connectivity index is 1.94. The standard InChI is InChI=1S/C21H23Cl2NO3/c1-13(2)20(15-7-9-17(22)10-8-15)21(26)27-12-19(25)24-14(3)16-5-4-6-18(23)11-16/h4-11,13-14,20H,12H2,1-3H3,(H,24,25)/t14-,20-/m0/s1. The number of halogens is 2. The molecule has 1 amide bonds. The third-order valence-electron chi connectivity index (χ3n) is 4.22. The lowest BCUT2D eigenvalue weighted by Gasteiger charge is -2.20. The van der Waals surface area contributed by atoms with E-state index in [4.69, 9.17) is 27.9 Å². The minimum atomic E-state index is -0.458. The molecule has 0 heterocycles. The zero-order valence-electron chi connectivity index (χ0n) is 15.5. The van der Waals surface area contributed by atoms with Crippen LogP contribution in [0.5, 0.6) is 0 Å². The highest BCUT2D eigenvalue weighted by atomic mass is 35.5. The van der Waals surface area contributed by atoms with Crippen LogP contribution in [0.25, 0.3) is 0 Å². The van der Waals surface area contributed by atoms with E-state index in [0.717, 1.165) is 11.1 Å². The first-order chi connectivity index (χ1) is 12.8. The molecular formula is C21H23Cl2NO3. The van der Waals surface area contributed by atoms with Gasteiger partial charge >= 0.3 is 5.97 Å². The van der Waals surface area contributed by atoms with Gasteiger partial charge in [0, 0.05) is 10.0 Å². The summed E-state index contributed by atoms with van der Waals surface area (Å²) in [7, 11) is 0. The molecule has 2 aromatic rings. The predicted octanol–water partition coefficient (Wildman–Crippen LogP) is 5.15. The van der Waals surface area contributed by atoms with Crippen LogP contribution >= 0.6 is 23.2 Å². The Hall–Kier alpha value is -2.04. The van der Waals surface area contributed by atoms with Crippen LogP contribution in [0.1, 0.15) is 43.9 Å². The van der Waals surface area contributed by atoms with Crippen molar-refractivity contribution in [1.29, 1.82) is 0 Å². The van der Waals surface area contributed by atoms with Crippen molar-refractivity contribution in [2.75, 3.05) is 6.61 Å². The van der Waals surface area contributed by atoms with Gasteiger partial charge < -0.3 is 10.1 Å². The number of ether oxygens (including phenoxy) is 1. The Morgan fingerprint density at radius 1 is 0.963 bits per heavy atom. The number of hydrogen-bond acceptors (Lipinski definition) is 3. The van der Waals surface area contributed by atoms with Gasteiger partial charge in [-0.25, -0.2) is 0 Å². The minimum absolute atomic E-state index is 0.0205. The minimum Gasteiger partial charge on any atom is -0.455 e. The van der Waals surface area contributed by atoms with Gasteiger partial charge in [0.1, 0.15) is 0 Å². The smallest absolute Gasteiger partial charge is 0.314 e. The number of nitrogens with one attached hydrogen (secondary N) is 1. The van der Waals surface area contributed by atoms with Crippen LogP contribution in [0.2, 0.25) is 10.0 Å². The van der Waals surface area contributed by atoms with E-state index in [-0.39, 0.29) is 24.5 Å². The number of esters is 1. The van der Waals surface area contributed by atoms with Crippen LogP contribution in [-0.2, 0) is 14.3 Å². The number of benzene rings is 2. The van der Waals surface area contributed by atoms with Crippen molar-refractivity contribution in [2.24, 2.45) is 5.92 Å². The summed E-state index contributed by atoms with van der Waals surface area (Å²) >= 11 is 11.9. The van der Waals surface area contributed by atoms with Crippen molar-refractivity contribution in [3.05, 3.63) is 69.7 Å². The van der Waals surface area contributed by atoms with Crippen LogP contribution in [0.4, 0.5) is 0 Å². The molecule has 4 nitrogen and oxygen atoms in total. The van der Waals surface area contributed by atoms with Crippen molar-refractivity contribution >= 4 is 35.1 Å². The molecule has 2 rings (SSSR count). The molecule has 144 valence electrons. The molecule has 27 heavy (non-hydrogen) atoms. The maximum absolute atomic E-state index is 12.5. The van der Waals surface area contributed by atoms with Gasteiger partial charge in [-0.3, -0.25) is 9.59 Å². The summed E-state index contributed by atoms with van der Waals surface area (Å²) in [4.78, 5) is 24.7. The van der Waals surface area contributed by atoms with E-state index in [1.54, 1.807) is 36.4 Å². The Bertz CT molecular complexity index is 790. The van der Waals surface area contributed by atoms with E-state index in [9.17, 15) is 9.59 Å². The van der Waals surface area contributed by atoms with Crippen molar-refractivity contribution in [3.63, 3.8) is 0 Å². The highest BCUT2D eigenvalue weighted by molar-refractivity contribution is 6.30. The first-order valence-electron chi connectivity index (χ1n) is 8.75. The fourth-order valence-electron chi connectivity index (χ4n) is 2.83. The maximum Gasteiger partial charge on any atom is 0.314 e. The number of amides is 1. The summed E-state index contributed by atoms with van der Waals surface area (Å²) in [6, 6.07) is 14.1. The van der Waals surface area contributed by atoms with E-state index < -0.39 is 11.9 Å². The summed E-state index contributed by atoms with van der Waals surface area (Å²) < 4.78 is 5.26. The summed E-state index contributed by atoms with van der Waals surface area (Å²) in [5.74, 6) is -1.24. The maximum atomic E-state index is 12.5. The second-order valence-corrected chi connectivity index (χ2v) is 7.60. The fraction of sp³-hybridized carbons (Fsp3) is 0.333. The molecule has 0 bridgehead atoms. The normalized spacial score (nSPS) is 13.1. The molecular weight excluding hydrogens is 385 g/mol. The molecule has 0 saturated heterocycles. The lowest BCUT2D eigenvalue weighted by Crippen LogP contribution is -2.32. The van der Waals surface area contributed by atoms with E-state index in [0.29, 0.717) is 10.0 Å². The van der Waals surface area contributed by atoms with Crippen LogP contribution in [0.15, 0.2) is 48.5 Å². The van der Waals surface area contributed by atoms with Crippen molar-refractivity contribution < 1.29 is 14.3 Å². The topological polar surface area (TPSA) is 55.4 Å². The largest absolute Gasteiger partial charge is 0.455 e. The summed E-state index contributed by atoms with van der Waals surface area (Å²) in [6.07, 6.45) is 0. The Morgan fingerprint density at radius 3 is 2.22 bits per heavy atom. The lowest BCUT2D eigenvalue weighted by atomic mass is 9.88. The Kier molecular flexibility index (Phi) is 7.69. The Morgan fingerprint density at radius 2 is 1.63 bits per heavy atom. The SMILES string of the molecule is CC(C)[C@H](C(=O)OCC(=O)N[C@@H](C)c1cccc(Cl)c1)c1ccc(Cl)cc1. The number of carbonyl (C=O) groups is 2. The highest BCUT2D eigenvalue weighted by Crippen LogP contribution is 2.27. The van der Waals surface area contributed by atoms with Crippen molar-refractivity contribution in [1.82, 2.24) is 5.32 Å². The van der Waals surface area contributed by atoms with Gasteiger partial charge in [0.2, 0.25) is 0 Å². The molecule has 0 saturated carbocycles. The average molecular weight is 408 g/mol. The van der Waals surface area contributed by atoms with Crippen LogP contribution in [0.3, 0.4) is 0 Å². The zero-order valence-corrected chi connectivity index (χ0v) is 17.1. The molecule has 0 spiro atoms. The molecule has 0 radical (unpaired) electrons. The monoisotopic (exact) mass is 407 g/mol. The highest BCUT2D eigenvalue weighted by Gasteiger charge is 2.26. The van der Waals surface area contributed by atoms with Gasteiger partial charge in [0.25, 0.3) is 5.91 Å². The molecule has 0 aliphatic rings. The molecule has 0 fully saturated rings. The summed E-state index contributed by atoms with van der Waals surface area (Å²) in [5.41, 5.74) is 1.69. The third-order valence-corrected chi connectivity index (χ3v) is 4.71. The molecule has 0 aromatic heterocycles. The molecule has 2 aromatic carbocycles. The van der Waals surface area contributed by atoms with Gasteiger partial charge in [0.05, 0.1) is 12.0 Å². The van der Waals surface area contributed by atoms with Gasteiger partial charge in [-0.15, -0.1) is 0 Å². The first kappa shape index (κ1) is 21.3. The number of rotatable bonds is 7. The molecule has 1 N–H and O–H groups in total. The molecule has 6 heteroatoms. The molecule has 0 aliphatic carbocycles. The van der Waals surface area contributed by atoms with Crippen LogP contribution < -0.4 is 5.32 Å². The lowest BCUT2D eigenvalue weighted by molar-refractivity contribution is -0.151. The number of carbonyl (C=O) groups excluding carboxylic acids is 2. The van der Waals surface area contributed by atoms with E-state index in [1.165, 1.54) is 0 Å². The van der Waals surface area contributed by atoms with E-state index in [1.807, 2.05) is 32.9 Å². The summed E-state index contributed by atoms with van der Waals surface area (Å²) in [6.45, 7) is 5.38. The molecule has 0 aliphatic heterocycles. The average Bonchev–Trinajstić information content (AvgIpc) is 2.61. The zero-order chi connectivity index (χ0) is 20.0. The van der Waals surface area contributed by atoms with Crippen molar-refractivity contribution in [2.45, 2.75) is 32.7 Å². The van der Waals surface area contributed by atoms with Crippen molar-refractivity contribution in [3.8, 4) is 0 Å². The van der Waals surface area contributed by atoms with E-state index >= 15 is 0 Å². The van der Waals surface area contributed by atoms with Gasteiger partial charge in [-0.2, -0.15) is 0 Å². The van der Waals surface area contributed by atoms with Gasteiger partial charge in [-0.1, -0.05) is 61.3 Å². The van der Waals surface area contributed by atoms with Gasteiger partial charge in [-0.05, 0) is 48.2 Å². The van der Waals surface area contributed by atoms with Gasteiger partial charge in [0.15, 0.2) is 6.61 Å². The second-order valence-electron chi connectivity index (χ2n) is 6.73. The second kappa shape index (κ2) is 9.77.